The first-order valence-electron chi connectivity index (χ1n) is 9.30. The number of hydrogen-bond donors (Lipinski definition) is 1. The molecule has 0 atom stereocenters. The summed E-state index contributed by atoms with van der Waals surface area (Å²) in [5.74, 6) is -0.514. The number of carbonyl (C=O) groups is 1. The fourth-order valence-corrected chi connectivity index (χ4v) is 3.63. The third-order valence-electron chi connectivity index (χ3n) is 4.61. The minimum absolute atomic E-state index is 0.00641. The summed E-state index contributed by atoms with van der Waals surface area (Å²) in [6, 6.07) is 20.8. The monoisotopic (exact) mass is 471 g/mol. The molecule has 0 fully saturated rings. The van der Waals surface area contributed by atoms with Gasteiger partial charge in [-0.25, -0.2) is 4.68 Å². The van der Waals surface area contributed by atoms with E-state index in [1.807, 2.05) is 18.2 Å². The van der Waals surface area contributed by atoms with E-state index in [0.29, 0.717) is 33.0 Å². The zero-order chi connectivity index (χ0) is 22.0. The fraction of sp³-hybridized carbons (Fsp3) is 0.0435. The lowest BCUT2D eigenvalue weighted by atomic mass is 10.2. The molecule has 0 saturated heterocycles. The Morgan fingerprint density at radius 2 is 1.48 bits per heavy atom. The molecule has 156 valence electrons. The molecule has 5 nitrogen and oxygen atoms in total. The molecule has 0 bridgehead atoms. The van der Waals surface area contributed by atoms with E-state index in [1.165, 1.54) is 10.9 Å². The first-order valence-corrected chi connectivity index (χ1v) is 10.4. The highest BCUT2D eigenvalue weighted by molar-refractivity contribution is 6.31. The van der Waals surface area contributed by atoms with Gasteiger partial charge < -0.3 is 5.32 Å². The van der Waals surface area contributed by atoms with Gasteiger partial charge in [-0.05, 0) is 66.2 Å². The van der Waals surface area contributed by atoms with Gasteiger partial charge in [-0.3, -0.25) is 14.3 Å². The highest BCUT2D eigenvalue weighted by atomic mass is 35.5. The van der Waals surface area contributed by atoms with Crippen LogP contribution in [0.15, 0.2) is 83.8 Å². The number of benzene rings is 3. The molecule has 4 aromatic rings. The van der Waals surface area contributed by atoms with Crippen molar-refractivity contribution in [3.8, 4) is 5.69 Å². The Labute approximate surface area is 193 Å². The number of nitrogens with zero attached hydrogens (tertiary/aromatic N) is 2. The van der Waals surface area contributed by atoms with Crippen molar-refractivity contribution in [2.24, 2.45) is 0 Å². The Balaban J connectivity index is 1.75. The maximum absolute atomic E-state index is 13.2. The van der Waals surface area contributed by atoms with Crippen LogP contribution in [-0.2, 0) is 6.54 Å². The molecule has 1 amide bonds. The van der Waals surface area contributed by atoms with E-state index in [2.05, 4.69) is 5.32 Å². The molecular weight excluding hydrogens is 457 g/mol. The number of rotatable bonds is 5. The summed E-state index contributed by atoms with van der Waals surface area (Å²) in [4.78, 5) is 26.1. The molecule has 31 heavy (non-hydrogen) atoms. The third kappa shape index (κ3) is 4.85. The molecule has 0 saturated carbocycles. The third-order valence-corrected chi connectivity index (χ3v) is 5.35. The van der Waals surface area contributed by atoms with Crippen LogP contribution in [0, 0.1) is 0 Å². The van der Waals surface area contributed by atoms with Crippen LogP contribution in [0.5, 0.6) is 0 Å². The van der Waals surface area contributed by atoms with E-state index in [-0.39, 0.29) is 5.56 Å². The summed E-state index contributed by atoms with van der Waals surface area (Å²) in [6.45, 7) is 0.340. The summed E-state index contributed by atoms with van der Waals surface area (Å²) >= 11 is 18.0. The van der Waals surface area contributed by atoms with Crippen LogP contribution in [0.3, 0.4) is 0 Å². The van der Waals surface area contributed by atoms with Crippen molar-refractivity contribution in [2.75, 3.05) is 5.32 Å². The van der Waals surface area contributed by atoms with Gasteiger partial charge in [0.2, 0.25) is 0 Å². The minimum atomic E-state index is -0.514. The second-order valence-corrected chi connectivity index (χ2v) is 8.13. The maximum Gasteiger partial charge on any atom is 0.284 e. The molecule has 0 aliphatic rings. The van der Waals surface area contributed by atoms with Crippen LogP contribution < -0.4 is 10.9 Å². The van der Waals surface area contributed by atoms with Crippen molar-refractivity contribution in [1.82, 2.24) is 9.36 Å². The van der Waals surface area contributed by atoms with Crippen LogP contribution in [0.25, 0.3) is 5.69 Å². The number of amides is 1. The number of hydrogen-bond acceptors (Lipinski definition) is 2. The Morgan fingerprint density at radius 1 is 0.839 bits per heavy atom. The number of carbonyl (C=O) groups excluding carboxylic acids is 1. The minimum Gasteiger partial charge on any atom is -0.322 e. The molecule has 0 radical (unpaired) electrons. The van der Waals surface area contributed by atoms with Gasteiger partial charge in [-0.2, -0.15) is 0 Å². The predicted molar refractivity (Wildman–Crippen MR) is 125 cm³/mol. The summed E-state index contributed by atoms with van der Waals surface area (Å²) in [5.41, 5.74) is 1.56. The van der Waals surface area contributed by atoms with E-state index < -0.39 is 11.5 Å². The molecule has 1 aromatic heterocycles. The normalized spacial score (nSPS) is 10.8. The van der Waals surface area contributed by atoms with E-state index in [1.54, 1.807) is 59.3 Å². The van der Waals surface area contributed by atoms with Crippen LogP contribution in [0.1, 0.15) is 15.9 Å². The van der Waals surface area contributed by atoms with Crippen LogP contribution in [-0.4, -0.2) is 15.3 Å². The molecule has 0 spiro atoms. The number of anilines is 1. The average Bonchev–Trinajstić information content (AvgIpc) is 3.06. The fourth-order valence-electron chi connectivity index (χ4n) is 3.17. The maximum atomic E-state index is 13.2. The first kappa shape index (κ1) is 21.2. The SMILES string of the molecule is O=C(Nc1ccc(Cl)cc1)c1cn(Cc2cccc(Cl)c2)n(-c2ccc(Cl)cc2)c1=O. The Morgan fingerprint density at radius 3 is 2.13 bits per heavy atom. The van der Waals surface area contributed by atoms with Crippen LogP contribution in [0.4, 0.5) is 5.69 Å². The second kappa shape index (κ2) is 9.02. The highest BCUT2D eigenvalue weighted by Gasteiger charge is 2.19. The van der Waals surface area contributed by atoms with E-state index in [0.717, 1.165) is 5.56 Å². The smallest absolute Gasteiger partial charge is 0.284 e. The van der Waals surface area contributed by atoms with Gasteiger partial charge in [0.15, 0.2) is 0 Å². The summed E-state index contributed by atoms with van der Waals surface area (Å²) < 4.78 is 3.11. The number of nitrogens with one attached hydrogen (secondary N) is 1. The van der Waals surface area contributed by atoms with Crippen molar-refractivity contribution < 1.29 is 4.79 Å². The van der Waals surface area contributed by atoms with Gasteiger partial charge in [0.25, 0.3) is 11.5 Å². The second-order valence-electron chi connectivity index (χ2n) is 6.82. The average molecular weight is 473 g/mol. The van der Waals surface area contributed by atoms with E-state index in [9.17, 15) is 9.59 Å². The Kier molecular flexibility index (Phi) is 6.18. The molecule has 8 heteroatoms. The Hall–Kier alpha value is -2.99. The van der Waals surface area contributed by atoms with Gasteiger partial charge in [0.1, 0.15) is 5.56 Å². The molecule has 1 N–H and O–H groups in total. The van der Waals surface area contributed by atoms with Gasteiger partial charge in [-0.1, -0.05) is 46.9 Å². The number of halogens is 3. The van der Waals surface area contributed by atoms with Crippen molar-refractivity contribution in [3.05, 3.63) is 116 Å². The Bertz CT molecular complexity index is 1290. The van der Waals surface area contributed by atoms with Crippen molar-refractivity contribution in [3.63, 3.8) is 0 Å². The molecule has 0 aliphatic carbocycles. The molecule has 3 aromatic carbocycles. The van der Waals surface area contributed by atoms with Gasteiger partial charge in [-0.15, -0.1) is 0 Å². The lowest BCUT2D eigenvalue weighted by Crippen LogP contribution is -2.26. The topological polar surface area (TPSA) is 56.0 Å². The largest absolute Gasteiger partial charge is 0.322 e. The van der Waals surface area contributed by atoms with E-state index >= 15 is 0 Å². The van der Waals surface area contributed by atoms with Crippen molar-refractivity contribution in [1.29, 1.82) is 0 Å². The predicted octanol–water partition coefficient (Wildman–Crippen LogP) is 5.90. The standard InChI is InChI=1S/C23H16Cl3N3O2/c24-16-4-8-19(9-5-16)27-22(30)21-14-28(13-15-2-1-3-18(26)12-15)29(23(21)31)20-10-6-17(25)7-11-20/h1-12,14H,13H2,(H,27,30). The van der Waals surface area contributed by atoms with Crippen molar-refractivity contribution >= 4 is 46.4 Å². The zero-order valence-corrected chi connectivity index (χ0v) is 18.3. The molecule has 1 heterocycles. The van der Waals surface area contributed by atoms with Crippen molar-refractivity contribution in [2.45, 2.75) is 6.54 Å². The quantitative estimate of drug-likeness (QED) is 0.393. The van der Waals surface area contributed by atoms with Gasteiger partial charge >= 0.3 is 0 Å². The highest BCUT2D eigenvalue weighted by Crippen LogP contribution is 2.17. The zero-order valence-electron chi connectivity index (χ0n) is 16.1. The van der Waals surface area contributed by atoms with Gasteiger partial charge in [0.05, 0.1) is 12.2 Å². The number of aromatic nitrogens is 2. The van der Waals surface area contributed by atoms with Crippen LogP contribution in [0.2, 0.25) is 15.1 Å². The summed E-state index contributed by atoms with van der Waals surface area (Å²) in [7, 11) is 0. The van der Waals surface area contributed by atoms with E-state index in [4.69, 9.17) is 34.8 Å². The molecule has 0 unspecified atom stereocenters. The van der Waals surface area contributed by atoms with Gasteiger partial charge in [0, 0.05) is 27.0 Å². The van der Waals surface area contributed by atoms with Crippen LogP contribution >= 0.6 is 34.8 Å². The first-order chi connectivity index (χ1) is 14.9. The summed E-state index contributed by atoms with van der Waals surface area (Å²) in [5, 5.41) is 4.42. The molecule has 4 rings (SSSR count). The lowest BCUT2D eigenvalue weighted by molar-refractivity contribution is 0.102. The lowest BCUT2D eigenvalue weighted by Gasteiger charge is -2.12. The summed E-state index contributed by atoms with van der Waals surface area (Å²) in [6.07, 6.45) is 1.53. The molecule has 0 aliphatic heterocycles. The molecular formula is C23H16Cl3N3O2.